The first-order valence-electron chi connectivity index (χ1n) is 31.8. The van der Waals surface area contributed by atoms with E-state index in [1.807, 2.05) is 0 Å². The van der Waals surface area contributed by atoms with Crippen molar-refractivity contribution in [3.63, 3.8) is 0 Å². The third-order valence-electron chi connectivity index (χ3n) is 17.7. The molecule has 0 aromatic carbocycles. The highest BCUT2D eigenvalue weighted by molar-refractivity contribution is 4.80. The van der Waals surface area contributed by atoms with Crippen molar-refractivity contribution in [2.24, 2.45) is 0 Å². The van der Waals surface area contributed by atoms with E-state index in [-0.39, 0.29) is 0 Å². The van der Waals surface area contributed by atoms with E-state index >= 15 is 0 Å². The van der Waals surface area contributed by atoms with Crippen molar-refractivity contribution >= 4 is 0 Å². The molecule has 4 aliphatic heterocycles. The predicted octanol–water partition coefficient (Wildman–Crippen LogP) is 18.5. The first-order valence-corrected chi connectivity index (χ1v) is 31.8. The van der Waals surface area contributed by atoms with Gasteiger partial charge in [-0.05, 0) is 155 Å². The van der Waals surface area contributed by atoms with Crippen LogP contribution in [0.1, 0.15) is 322 Å². The summed E-state index contributed by atoms with van der Waals surface area (Å²) in [6.45, 7) is 14.8. The van der Waals surface area contributed by atoms with E-state index in [1.165, 1.54) is 374 Å². The Morgan fingerprint density at radius 2 is 0.439 bits per heavy atom. The fourth-order valence-corrected chi connectivity index (χ4v) is 13.3. The van der Waals surface area contributed by atoms with E-state index in [9.17, 15) is 0 Å². The molecule has 0 spiro atoms. The van der Waals surface area contributed by atoms with Gasteiger partial charge in [-0.15, -0.1) is 0 Å². The molecule has 0 bridgehead atoms. The van der Waals surface area contributed by atoms with Gasteiger partial charge < -0.3 is 19.6 Å². The molecular weight excluding hydrogens is 801 g/mol. The highest BCUT2D eigenvalue weighted by Gasteiger charge is 2.24. The van der Waals surface area contributed by atoms with Gasteiger partial charge in [0.15, 0.2) is 0 Å². The molecule has 390 valence electrons. The van der Waals surface area contributed by atoms with E-state index in [2.05, 4.69) is 26.5 Å². The molecule has 0 aromatic rings. The van der Waals surface area contributed by atoms with Crippen molar-refractivity contribution < 1.29 is 0 Å². The van der Waals surface area contributed by atoms with Gasteiger partial charge in [0.2, 0.25) is 0 Å². The normalized spacial score (nSPS) is 24.3. The van der Waals surface area contributed by atoms with Crippen LogP contribution in [-0.2, 0) is 0 Å². The van der Waals surface area contributed by atoms with E-state index in [4.69, 9.17) is 0 Å². The van der Waals surface area contributed by atoms with E-state index in [1.54, 1.807) is 0 Å². The van der Waals surface area contributed by atoms with Crippen LogP contribution in [0, 0.1) is 0 Å². The van der Waals surface area contributed by atoms with Crippen molar-refractivity contribution in [3.8, 4) is 0 Å². The van der Waals surface area contributed by atoms with Gasteiger partial charge in [-0.2, -0.15) is 0 Å². The van der Waals surface area contributed by atoms with Gasteiger partial charge >= 0.3 is 0 Å². The Morgan fingerprint density at radius 3 is 0.712 bits per heavy atom. The maximum absolute atomic E-state index is 3.10. The fraction of sp³-hybridized carbons (Fsp3) is 1.00. The zero-order chi connectivity index (χ0) is 46.1. The molecular formula is C62H122N4. The Hall–Kier alpha value is -0.160. The minimum Gasteiger partial charge on any atom is -0.303 e. The lowest BCUT2D eigenvalue weighted by atomic mass is 9.94. The molecule has 4 rings (SSSR count). The fourth-order valence-electron chi connectivity index (χ4n) is 13.3. The topological polar surface area (TPSA) is 13.0 Å². The highest BCUT2D eigenvalue weighted by atomic mass is 15.2. The molecule has 3 unspecified atom stereocenters. The first kappa shape index (κ1) is 58.4. The molecule has 4 nitrogen and oxygen atoms in total. The molecule has 0 N–H and O–H groups in total. The van der Waals surface area contributed by atoms with Crippen molar-refractivity contribution in [2.45, 2.75) is 340 Å². The number of nitrogens with zero attached hydrogens (tertiary/aromatic N) is 4. The summed E-state index contributed by atoms with van der Waals surface area (Å²) in [6.07, 6.45) is 71.6. The first-order chi connectivity index (χ1) is 32.8. The third-order valence-corrected chi connectivity index (χ3v) is 17.7. The summed E-state index contributed by atoms with van der Waals surface area (Å²) in [6, 6.07) is 2.46. The summed E-state index contributed by atoms with van der Waals surface area (Å²) in [5, 5.41) is 0. The zero-order valence-electron chi connectivity index (χ0n) is 45.5. The maximum atomic E-state index is 3.10. The van der Waals surface area contributed by atoms with Crippen LogP contribution in [0.15, 0.2) is 0 Å². The van der Waals surface area contributed by atoms with Crippen LogP contribution >= 0.6 is 0 Å². The predicted molar refractivity (Wildman–Crippen MR) is 294 cm³/mol. The monoisotopic (exact) mass is 923 g/mol. The van der Waals surface area contributed by atoms with Gasteiger partial charge in [0, 0.05) is 18.1 Å². The van der Waals surface area contributed by atoms with Crippen molar-refractivity contribution in [2.75, 3.05) is 58.9 Å². The molecule has 3 atom stereocenters. The van der Waals surface area contributed by atoms with Crippen LogP contribution in [0.3, 0.4) is 0 Å². The number of hydrogen-bond donors (Lipinski definition) is 0. The average Bonchev–Trinajstić information content (AvgIpc) is 3.30. The number of hydrogen-bond acceptors (Lipinski definition) is 4. The lowest BCUT2D eigenvalue weighted by molar-refractivity contribution is 0.139. The summed E-state index contributed by atoms with van der Waals surface area (Å²) in [4.78, 5) is 12.1. The van der Waals surface area contributed by atoms with Gasteiger partial charge in [0.1, 0.15) is 0 Å². The van der Waals surface area contributed by atoms with Crippen LogP contribution in [0.25, 0.3) is 0 Å². The van der Waals surface area contributed by atoms with Crippen LogP contribution in [0.2, 0.25) is 0 Å². The Labute approximate surface area is 416 Å². The van der Waals surface area contributed by atoms with E-state index in [0.717, 1.165) is 18.1 Å². The van der Waals surface area contributed by atoms with Crippen LogP contribution in [0.5, 0.6) is 0 Å². The minimum atomic E-state index is 0.811. The standard InChI is InChI=1S/C62H122N4/c1-2-3-45-60(64-54-37-26-18-10-5-11-19-27-38-55-64)49-44-50-62(66-58-41-30-22-14-7-15-23-31-42-59-66)47-33-32-46-61(65-56-39-28-20-12-6-13-21-29-40-57-65)48-34-43-53-63-51-35-24-16-8-4-9-17-25-36-52-63/h60-62H,2-59H2,1H3. The van der Waals surface area contributed by atoms with Crippen molar-refractivity contribution in [3.05, 3.63) is 0 Å². The number of unbranched alkanes of at least 4 members (excludes halogenated alkanes) is 3. The van der Waals surface area contributed by atoms with Gasteiger partial charge in [-0.25, -0.2) is 0 Å². The van der Waals surface area contributed by atoms with Crippen LogP contribution < -0.4 is 0 Å². The quantitative estimate of drug-likeness (QED) is 0.113. The molecule has 4 heterocycles. The largest absolute Gasteiger partial charge is 0.303 e. The van der Waals surface area contributed by atoms with Gasteiger partial charge in [-0.3, -0.25) is 0 Å². The van der Waals surface area contributed by atoms with Crippen molar-refractivity contribution in [1.29, 1.82) is 0 Å². The van der Waals surface area contributed by atoms with Gasteiger partial charge in [0.05, 0.1) is 0 Å². The van der Waals surface area contributed by atoms with E-state index < -0.39 is 0 Å². The number of rotatable bonds is 20. The second-order valence-electron chi connectivity index (χ2n) is 23.5. The van der Waals surface area contributed by atoms with Crippen LogP contribution in [-0.4, -0.2) is 96.6 Å². The molecule has 4 saturated heterocycles. The smallest absolute Gasteiger partial charge is 0.00952 e. The van der Waals surface area contributed by atoms with Gasteiger partial charge in [-0.1, -0.05) is 225 Å². The van der Waals surface area contributed by atoms with Gasteiger partial charge in [0.25, 0.3) is 0 Å². The molecule has 4 aliphatic rings. The Bertz CT molecular complexity index is 970. The Kier molecular flexibility index (Phi) is 37.6. The molecule has 0 aliphatic carbocycles. The maximum Gasteiger partial charge on any atom is 0.00952 e. The lowest BCUT2D eigenvalue weighted by Gasteiger charge is -2.35. The molecule has 4 fully saturated rings. The molecule has 4 heteroatoms. The lowest BCUT2D eigenvalue weighted by Crippen LogP contribution is -2.39. The molecule has 0 aromatic heterocycles. The summed E-state index contributed by atoms with van der Waals surface area (Å²) in [5.74, 6) is 0. The second kappa shape index (κ2) is 42.5. The Morgan fingerprint density at radius 1 is 0.227 bits per heavy atom. The molecule has 0 amide bonds. The summed E-state index contributed by atoms with van der Waals surface area (Å²) in [5.41, 5.74) is 0. The summed E-state index contributed by atoms with van der Waals surface area (Å²) < 4.78 is 0. The van der Waals surface area contributed by atoms with Crippen LogP contribution in [0.4, 0.5) is 0 Å². The second-order valence-corrected chi connectivity index (χ2v) is 23.5. The summed E-state index contributed by atoms with van der Waals surface area (Å²) >= 11 is 0. The summed E-state index contributed by atoms with van der Waals surface area (Å²) in [7, 11) is 0. The third kappa shape index (κ3) is 29.9. The molecule has 66 heavy (non-hydrogen) atoms. The Balaban J connectivity index is 1.39. The van der Waals surface area contributed by atoms with Crippen molar-refractivity contribution in [1.82, 2.24) is 19.6 Å². The molecule has 0 radical (unpaired) electrons. The molecule has 0 saturated carbocycles. The average molecular weight is 924 g/mol. The minimum absolute atomic E-state index is 0.811. The SMILES string of the molecule is CCCCC(CCCC(CCCCC(CCCCN1CCCCCCCCCCC1)N1CCCCCCCCCCC1)N1CCCCCCCCCCC1)N1CCCCCCCCCCC1. The zero-order valence-corrected chi connectivity index (χ0v) is 45.5. The van der Waals surface area contributed by atoms with E-state index in [0.29, 0.717) is 0 Å². The highest BCUT2D eigenvalue weighted by Crippen LogP contribution is 2.27.